The molecular formula is C18H22N2O6. The molecule has 1 amide bonds. The van der Waals surface area contributed by atoms with Gasteiger partial charge in [-0.25, -0.2) is 0 Å². The highest BCUT2D eigenvalue weighted by molar-refractivity contribution is 6.09. The zero-order valence-corrected chi connectivity index (χ0v) is 14.7. The number of non-ortho nitro benzene ring substituents is 1. The van der Waals surface area contributed by atoms with Crippen molar-refractivity contribution in [2.45, 2.75) is 32.7 Å². The maximum atomic E-state index is 12.7. The van der Waals surface area contributed by atoms with Crippen molar-refractivity contribution in [3.63, 3.8) is 0 Å². The molecule has 0 spiro atoms. The minimum absolute atomic E-state index is 0.0233. The number of nitrogens with zero attached hydrogens (tertiary/aromatic N) is 2. The predicted molar refractivity (Wildman–Crippen MR) is 93.4 cm³/mol. The fraction of sp³-hybridized carbons (Fsp3) is 0.444. The second-order valence-corrected chi connectivity index (χ2v) is 6.61. The lowest BCUT2D eigenvalue weighted by molar-refractivity contribution is -0.384. The van der Waals surface area contributed by atoms with Gasteiger partial charge in [-0.1, -0.05) is 26.0 Å². The SMILES string of the molecule is CC(C)CC(=O)C1=C(O)C(=O)N(CCCO)C1c1cccc([N+](=O)[O-])c1. The van der Waals surface area contributed by atoms with Crippen LogP contribution in [0.4, 0.5) is 5.69 Å². The maximum Gasteiger partial charge on any atom is 0.290 e. The molecule has 0 bridgehead atoms. The third-order valence-corrected chi connectivity index (χ3v) is 4.15. The number of hydrogen-bond acceptors (Lipinski definition) is 6. The summed E-state index contributed by atoms with van der Waals surface area (Å²) >= 11 is 0. The molecule has 0 saturated carbocycles. The molecule has 1 heterocycles. The quantitative estimate of drug-likeness (QED) is 0.540. The zero-order chi connectivity index (χ0) is 19.4. The highest BCUT2D eigenvalue weighted by Gasteiger charge is 2.43. The van der Waals surface area contributed by atoms with Crippen LogP contribution in [0.1, 0.15) is 38.3 Å². The van der Waals surface area contributed by atoms with Crippen molar-refractivity contribution in [2.24, 2.45) is 5.92 Å². The van der Waals surface area contributed by atoms with Gasteiger partial charge in [0.2, 0.25) is 0 Å². The zero-order valence-electron chi connectivity index (χ0n) is 14.7. The van der Waals surface area contributed by atoms with Gasteiger partial charge in [-0.2, -0.15) is 0 Å². The van der Waals surface area contributed by atoms with Crippen LogP contribution in [-0.2, 0) is 9.59 Å². The van der Waals surface area contributed by atoms with Crippen LogP contribution in [0.2, 0.25) is 0 Å². The van der Waals surface area contributed by atoms with Crippen LogP contribution in [0.5, 0.6) is 0 Å². The Bertz CT molecular complexity index is 756. The van der Waals surface area contributed by atoms with Gasteiger partial charge in [0.1, 0.15) is 0 Å². The summed E-state index contributed by atoms with van der Waals surface area (Å²) in [5, 5.41) is 30.4. The van der Waals surface area contributed by atoms with Gasteiger partial charge in [0.05, 0.1) is 16.5 Å². The van der Waals surface area contributed by atoms with Crippen molar-refractivity contribution in [3.05, 3.63) is 51.3 Å². The van der Waals surface area contributed by atoms with E-state index in [1.54, 1.807) is 6.07 Å². The van der Waals surface area contributed by atoms with Gasteiger partial charge in [-0.3, -0.25) is 19.7 Å². The molecule has 1 aromatic carbocycles. The summed E-state index contributed by atoms with van der Waals surface area (Å²) in [6.45, 7) is 3.64. The standard InChI is InChI=1S/C18H22N2O6/c1-11(2)9-14(22)15-16(12-5-3-6-13(10-12)20(25)26)19(7-4-8-21)18(24)17(15)23/h3,5-6,10-11,16,21,23H,4,7-9H2,1-2H3. The minimum atomic E-state index is -0.903. The molecule has 2 N–H and O–H groups in total. The molecule has 8 heteroatoms. The normalized spacial score (nSPS) is 17.3. The summed E-state index contributed by atoms with van der Waals surface area (Å²) in [6, 6.07) is 4.77. The summed E-state index contributed by atoms with van der Waals surface area (Å²) in [6.07, 6.45) is 0.405. The average molecular weight is 362 g/mol. The Kier molecular flexibility index (Phi) is 6.10. The van der Waals surface area contributed by atoms with E-state index in [9.17, 15) is 24.8 Å². The van der Waals surface area contributed by atoms with Crippen LogP contribution >= 0.6 is 0 Å². The Hall–Kier alpha value is -2.74. The number of carbonyl (C=O) groups is 2. The van der Waals surface area contributed by atoms with Crippen molar-refractivity contribution < 1.29 is 24.7 Å². The highest BCUT2D eigenvalue weighted by Crippen LogP contribution is 2.39. The molecule has 2 rings (SSSR count). The lowest BCUT2D eigenvalue weighted by Gasteiger charge is -2.26. The number of nitro benzene ring substituents is 1. The third-order valence-electron chi connectivity index (χ3n) is 4.15. The Balaban J connectivity index is 2.52. The van der Waals surface area contributed by atoms with Crippen molar-refractivity contribution in [3.8, 4) is 0 Å². The summed E-state index contributed by atoms with van der Waals surface area (Å²) in [5.41, 5.74) is 0.169. The van der Waals surface area contributed by atoms with Crippen LogP contribution in [0, 0.1) is 16.0 Å². The van der Waals surface area contributed by atoms with E-state index in [0.29, 0.717) is 5.56 Å². The summed E-state index contributed by atoms with van der Waals surface area (Å²) in [5.74, 6) is -1.67. The van der Waals surface area contributed by atoms with Crippen molar-refractivity contribution >= 4 is 17.4 Å². The summed E-state index contributed by atoms with van der Waals surface area (Å²) in [7, 11) is 0. The van der Waals surface area contributed by atoms with E-state index in [1.807, 2.05) is 13.8 Å². The Morgan fingerprint density at radius 1 is 1.38 bits per heavy atom. The van der Waals surface area contributed by atoms with Gasteiger partial charge < -0.3 is 15.1 Å². The molecule has 0 aliphatic carbocycles. The largest absolute Gasteiger partial charge is 0.503 e. The first-order valence-electron chi connectivity index (χ1n) is 8.40. The number of amides is 1. The van der Waals surface area contributed by atoms with E-state index in [4.69, 9.17) is 5.11 Å². The van der Waals surface area contributed by atoms with Gasteiger partial charge in [0.25, 0.3) is 11.6 Å². The van der Waals surface area contributed by atoms with Crippen molar-refractivity contribution in [2.75, 3.05) is 13.2 Å². The Labute approximate surface area is 150 Å². The Morgan fingerprint density at radius 2 is 2.08 bits per heavy atom. The number of hydrogen-bond donors (Lipinski definition) is 2. The monoisotopic (exact) mass is 362 g/mol. The fourth-order valence-electron chi connectivity index (χ4n) is 3.05. The van der Waals surface area contributed by atoms with E-state index in [2.05, 4.69) is 0 Å². The molecule has 8 nitrogen and oxygen atoms in total. The number of benzene rings is 1. The van der Waals surface area contributed by atoms with Gasteiger partial charge in [-0.15, -0.1) is 0 Å². The topological polar surface area (TPSA) is 121 Å². The number of aliphatic hydroxyl groups is 2. The molecular weight excluding hydrogens is 340 g/mol. The van der Waals surface area contributed by atoms with Crippen LogP contribution in [0.25, 0.3) is 0 Å². The third kappa shape index (κ3) is 3.91. The van der Waals surface area contributed by atoms with E-state index in [0.717, 1.165) is 0 Å². The molecule has 140 valence electrons. The molecule has 1 aromatic rings. The van der Waals surface area contributed by atoms with Crippen molar-refractivity contribution in [1.29, 1.82) is 0 Å². The molecule has 0 saturated heterocycles. The second kappa shape index (κ2) is 8.09. The number of ketones is 1. The van der Waals surface area contributed by atoms with E-state index < -0.39 is 22.6 Å². The molecule has 1 atom stereocenters. The molecule has 0 fully saturated rings. The number of Topliss-reactive ketones (excluding diaryl/α,β-unsaturated/α-hetero) is 1. The number of rotatable bonds is 8. The lowest BCUT2D eigenvalue weighted by atomic mass is 9.92. The highest BCUT2D eigenvalue weighted by atomic mass is 16.6. The van der Waals surface area contributed by atoms with Crippen LogP contribution in [0.15, 0.2) is 35.6 Å². The van der Waals surface area contributed by atoms with Gasteiger partial charge >= 0.3 is 0 Å². The Morgan fingerprint density at radius 3 is 2.65 bits per heavy atom. The van der Waals surface area contributed by atoms with Gasteiger partial charge in [0.15, 0.2) is 11.5 Å². The van der Waals surface area contributed by atoms with E-state index in [1.165, 1.54) is 23.1 Å². The van der Waals surface area contributed by atoms with Crippen LogP contribution in [-0.4, -0.2) is 44.9 Å². The molecule has 1 aliphatic rings. The molecule has 1 unspecified atom stereocenters. The van der Waals surface area contributed by atoms with Crippen LogP contribution in [0.3, 0.4) is 0 Å². The predicted octanol–water partition coefficient (Wildman–Crippen LogP) is 2.29. The van der Waals surface area contributed by atoms with Crippen LogP contribution < -0.4 is 0 Å². The number of carbonyl (C=O) groups excluding carboxylic acids is 2. The number of nitro groups is 1. The maximum absolute atomic E-state index is 12.7. The first-order valence-corrected chi connectivity index (χ1v) is 8.40. The fourth-order valence-corrected chi connectivity index (χ4v) is 3.05. The number of aliphatic hydroxyl groups excluding tert-OH is 2. The molecule has 0 radical (unpaired) electrons. The molecule has 1 aliphatic heterocycles. The van der Waals surface area contributed by atoms with Gasteiger partial charge in [0, 0.05) is 31.7 Å². The second-order valence-electron chi connectivity index (χ2n) is 6.61. The molecule has 26 heavy (non-hydrogen) atoms. The average Bonchev–Trinajstić information content (AvgIpc) is 2.84. The first kappa shape index (κ1) is 19.6. The van der Waals surface area contributed by atoms with E-state index >= 15 is 0 Å². The molecule has 0 aromatic heterocycles. The smallest absolute Gasteiger partial charge is 0.290 e. The summed E-state index contributed by atoms with van der Waals surface area (Å²) in [4.78, 5) is 36.9. The van der Waals surface area contributed by atoms with E-state index in [-0.39, 0.29) is 49.0 Å². The first-order chi connectivity index (χ1) is 12.3. The lowest BCUT2D eigenvalue weighted by Crippen LogP contribution is -2.32. The minimum Gasteiger partial charge on any atom is -0.503 e. The van der Waals surface area contributed by atoms with Crippen molar-refractivity contribution in [1.82, 2.24) is 4.90 Å². The van der Waals surface area contributed by atoms with Gasteiger partial charge in [-0.05, 0) is 17.9 Å². The summed E-state index contributed by atoms with van der Waals surface area (Å²) < 4.78 is 0.